The van der Waals surface area contributed by atoms with Crippen molar-refractivity contribution in [3.05, 3.63) is 47.0 Å². The number of aromatic hydroxyl groups is 1. The first kappa shape index (κ1) is 14.2. The average Bonchev–Trinajstić information content (AvgIpc) is 3.09. The highest BCUT2D eigenvalue weighted by atomic mass is 32.1. The number of carboxylic acids is 1. The van der Waals surface area contributed by atoms with Gasteiger partial charge in [-0.25, -0.2) is 9.78 Å². The van der Waals surface area contributed by atoms with Gasteiger partial charge in [0, 0.05) is 11.1 Å². The van der Waals surface area contributed by atoms with Crippen molar-refractivity contribution < 1.29 is 19.4 Å². The molecule has 2 heterocycles. The zero-order chi connectivity index (χ0) is 15.7. The topological polar surface area (TPSA) is 95.6 Å². The molecule has 3 N–H and O–H groups in total. The highest BCUT2D eigenvalue weighted by molar-refractivity contribution is 7.14. The molecule has 0 aliphatic rings. The quantitative estimate of drug-likeness (QED) is 0.633. The van der Waals surface area contributed by atoms with Gasteiger partial charge in [-0.05, 0) is 37.3 Å². The predicted octanol–water partition coefficient (Wildman–Crippen LogP) is 3.86. The molecule has 0 bridgehead atoms. The Labute approximate surface area is 129 Å². The number of furan rings is 1. The number of aromatic nitrogens is 1. The highest BCUT2D eigenvalue weighted by Crippen LogP contribution is 2.29. The third-order valence-electron chi connectivity index (χ3n) is 2.98. The Bertz CT molecular complexity index is 838. The fraction of sp³-hybridized carbons (Fsp3) is 0.0667. The van der Waals surface area contributed by atoms with Crippen LogP contribution in [0, 0.1) is 6.92 Å². The summed E-state index contributed by atoms with van der Waals surface area (Å²) < 4.78 is 5.51. The molecule has 3 aromatic rings. The van der Waals surface area contributed by atoms with Gasteiger partial charge >= 0.3 is 5.97 Å². The lowest BCUT2D eigenvalue weighted by atomic mass is 10.2. The van der Waals surface area contributed by atoms with Crippen LogP contribution in [0.1, 0.15) is 16.1 Å². The smallest absolute Gasteiger partial charge is 0.339 e. The van der Waals surface area contributed by atoms with Gasteiger partial charge in [0.2, 0.25) is 0 Å². The molecule has 1 aromatic carbocycles. The fourth-order valence-corrected chi connectivity index (χ4v) is 2.65. The van der Waals surface area contributed by atoms with E-state index in [0.29, 0.717) is 22.3 Å². The van der Waals surface area contributed by atoms with Gasteiger partial charge in [0.05, 0.1) is 0 Å². The van der Waals surface area contributed by atoms with E-state index < -0.39 is 5.97 Å². The SMILES string of the molecule is Cc1ccc(-c2csc(Nc3ccc(O)c(C(=O)O)c3)n2)o1. The first-order valence-corrected chi connectivity index (χ1v) is 7.26. The number of thiazole rings is 1. The summed E-state index contributed by atoms with van der Waals surface area (Å²) in [5.74, 6) is 0.0249. The van der Waals surface area contributed by atoms with E-state index in [1.165, 1.54) is 23.5 Å². The number of anilines is 2. The minimum absolute atomic E-state index is 0.163. The van der Waals surface area contributed by atoms with Gasteiger partial charge in [0.15, 0.2) is 10.9 Å². The summed E-state index contributed by atoms with van der Waals surface area (Å²) >= 11 is 1.37. The van der Waals surface area contributed by atoms with Gasteiger partial charge in [0.1, 0.15) is 22.8 Å². The third-order valence-corrected chi connectivity index (χ3v) is 3.73. The van der Waals surface area contributed by atoms with Crippen LogP contribution in [0.3, 0.4) is 0 Å². The summed E-state index contributed by atoms with van der Waals surface area (Å²) in [6.07, 6.45) is 0. The molecule has 22 heavy (non-hydrogen) atoms. The number of aryl methyl sites for hydroxylation is 1. The lowest BCUT2D eigenvalue weighted by Gasteiger charge is -2.05. The molecule has 0 aliphatic heterocycles. The number of nitrogens with zero attached hydrogens (tertiary/aromatic N) is 1. The van der Waals surface area contributed by atoms with Crippen LogP contribution in [0.4, 0.5) is 10.8 Å². The van der Waals surface area contributed by atoms with Gasteiger partial charge in [-0.15, -0.1) is 11.3 Å². The van der Waals surface area contributed by atoms with E-state index in [1.807, 2.05) is 24.4 Å². The normalized spacial score (nSPS) is 10.6. The summed E-state index contributed by atoms with van der Waals surface area (Å²) in [6.45, 7) is 1.86. The van der Waals surface area contributed by atoms with Crippen molar-refractivity contribution >= 4 is 28.1 Å². The first-order valence-electron chi connectivity index (χ1n) is 6.38. The van der Waals surface area contributed by atoms with Gasteiger partial charge in [-0.2, -0.15) is 0 Å². The van der Waals surface area contributed by atoms with Crippen molar-refractivity contribution in [2.24, 2.45) is 0 Å². The average molecular weight is 316 g/mol. The summed E-state index contributed by atoms with van der Waals surface area (Å²) in [7, 11) is 0. The van der Waals surface area contributed by atoms with Crippen LogP contribution < -0.4 is 5.32 Å². The zero-order valence-corrected chi connectivity index (χ0v) is 12.3. The molecule has 0 saturated carbocycles. The molecule has 0 radical (unpaired) electrons. The van der Waals surface area contributed by atoms with E-state index in [-0.39, 0.29) is 11.3 Å². The molecule has 3 rings (SSSR count). The number of aromatic carboxylic acids is 1. The zero-order valence-electron chi connectivity index (χ0n) is 11.5. The van der Waals surface area contributed by atoms with E-state index in [4.69, 9.17) is 9.52 Å². The van der Waals surface area contributed by atoms with Crippen molar-refractivity contribution in [1.29, 1.82) is 0 Å². The number of carbonyl (C=O) groups is 1. The second-order valence-electron chi connectivity index (χ2n) is 4.61. The van der Waals surface area contributed by atoms with Crippen molar-refractivity contribution in [3.8, 4) is 17.2 Å². The third kappa shape index (κ3) is 2.79. The molecule has 2 aromatic heterocycles. The molecular weight excluding hydrogens is 304 g/mol. The van der Waals surface area contributed by atoms with E-state index in [0.717, 1.165) is 5.76 Å². The van der Waals surface area contributed by atoms with Crippen LogP contribution in [0.5, 0.6) is 5.75 Å². The maximum Gasteiger partial charge on any atom is 0.339 e. The highest BCUT2D eigenvalue weighted by Gasteiger charge is 2.12. The molecule has 0 saturated heterocycles. The molecule has 6 nitrogen and oxygen atoms in total. The standard InChI is InChI=1S/C15H12N2O4S/c1-8-2-5-13(21-8)11-7-22-15(17-11)16-9-3-4-12(18)10(6-9)14(19)20/h2-7,18H,1H3,(H,16,17)(H,19,20). The number of hydrogen-bond donors (Lipinski definition) is 3. The van der Waals surface area contributed by atoms with Crippen molar-refractivity contribution in [1.82, 2.24) is 4.98 Å². The lowest BCUT2D eigenvalue weighted by molar-refractivity contribution is 0.0694. The summed E-state index contributed by atoms with van der Waals surface area (Å²) in [5.41, 5.74) is 1.08. The van der Waals surface area contributed by atoms with Crippen molar-refractivity contribution in [2.45, 2.75) is 6.92 Å². The largest absolute Gasteiger partial charge is 0.507 e. The van der Waals surface area contributed by atoms with Crippen LogP contribution in [-0.4, -0.2) is 21.2 Å². The number of rotatable bonds is 4. The maximum absolute atomic E-state index is 11.0. The molecular formula is C15H12N2O4S. The number of nitrogens with one attached hydrogen (secondary N) is 1. The Morgan fingerprint density at radius 2 is 2.14 bits per heavy atom. The molecule has 0 unspecified atom stereocenters. The second kappa shape index (κ2) is 5.53. The Kier molecular flexibility index (Phi) is 3.56. The maximum atomic E-state index is 11.0. The number of carboxylic acid groups (broad SMARTS) is 1. The Morgan fingerprint density at radius 1 is 1.32 bits per heavy atom. The summed E-state index contributed by atoms with van der Waals surface area (Å²) in [5, 5.41) is 24.0. The summed E-state index contributed by atoms with van der Waals surface area (Å²) in [4.78, 5) is 15.4. The first-order chi connectivity index (χ1) is 10.5. The van der Waals surface area contributed by atoms with Crippen LogP contribution in [-0.2, 0) is 0 Å². The Balaban J connectivity index is 1.84. The number of phenols is 1. The minimum atomic E-state index is -1.19. The van der Waals surface area contributed by atoms with Crippen molar-refractivity contribution in [2.75, 3.05) is 5.32 Å². The Hall–Kier alpha value is -2.80. The minimum Gasteiger partial charge on any atom is -0.507 e. The molecule has 0 aliphatic carbocycles. The van der Waals surface area contributed by atoms with E-state index in [2.05, 4.69) is 10.3 Å². The van der Waals surface area contributed by atoms with Gasteiger partial charge < -0.3 is 19.9 Å². The van der Waals surface area contributed by atoms with Crippen molar-refractivity contribution in [3.63, 3.8) is 0 Å². The summed E-state index contributed by atoms with van der Waals surface area (Å²) in [6, 6.07) is 7.98. The van der Waals surface area contributed by atoms with Gasteiger partial charge in [-0.3, -0.25) is 0 Å². The van der Waals surface area contributed by atoms with Crippen LogP contribution in [0.2, 0.25) is 0 Å². The van der Waals surface area contributed by atoms with Gasteiger partial charge in [-0.1, -0.05) is 0 Å². The van der Waals surface area contributed by atoms with Crippen LogP contribution >= 0.6 is 11.3 Å². The second-order valence-corrected chi connectivity index (χ2v) is 5.47. The lowest BCUT2D eigenvalue weighted by Crippen LogP contribution is -1.98. The molecule has 0 spiro atoms. The van der Waals surface area contributed by atoms with Gasteiger partial charge in [0.25, 0.3) is 0 Å². The molecule has 0 atom stereocenters. The molecule has 0 amide bonds. The van der Waals surface area contributed by atoms with E-state index >= 15 is 0 Å². The predicted molar refractivity (Wildman–Crippen MR) is 82.9 cm³/mol. The number of benzene rings is 1. The van der Waals surface area contributed by atoms with Crippen LogP contribution in [0.15, 0.2) is 40.1 Å². The number of hydrogen-bond acceptors (Lipinski definition) is 6. The fourth-order valence-electron chi connectivity index (χ4n) is 1.93. The van der Waals surface area contributed by atoms with E-state index in [9.17, 15) is 9.90 Å². The monoisotopic (exact) mass is 316 g/mol. The molecule has 0 fully saturated rings. The molecule has 7 heteroatoms. The van der Waals surface area contributed by atoms with Crippen LogP contribution in [0.25, 0.3) is 11.5 Å². The Morgan fingerprint density at radius 3 is 2.82 bits per heavy atom. The molecule has 112 valence electrons. The van der Waals surface area contributed by atoms with E-state index in [1.54, 1.807) is 6.07 Å².